The number of fused-ring (bicyclic) bond motifs is 1. The number of rotatable bonds is 1. The first-order chi connectivity index (χ1) is 16.8. The van der Waals surface area contributed by atoms with Crippen LogP contribution in [0.5, 0.6) is 0 Å². The van der Waals surface area contributed by atoms with Gasteiger partial charge in [0.05, 0.1) is 12.0 Å². The Labute approximate surface area is 204 Å². The lowest BCUT2D eigenvalue weighted by molar-refractivity contribution is -0.140. The van der Waals surface area contributed by atoms with Crippen LogP contribution in [0.1, 0.15) is 49.4 Å². The molecule has 8 nitrogen and oxygen atoms in total. The van der Waals surface area contributed by atoms with Crippen molar-refractivity contribution in [2.45, 2.75) is 45.1 Å². The Bertz CT molecular complexity index is 1000. The Kier molecular flexibility index (Phi) is 7.52. The highest BCUT2D eigenvalue weighted by Crippen LogP contribution is 2.36. The summed E-state index contributed by atoms with van der Waals surface area (Å²) in [4.78, 5) is 54.0. The van der Waals surface area contributed by atoms with E-state index in [2.05, 4.69) is 10.6 Å². The van der Waals surface area contributed by atoms with Crippen LogP contribution in [0.15, 0.2) is 36.4 Å². The van der Waals surface area contributed by atoms with Gasteiger partial charge in [0.15, 0.2) is 0 Å². The molecule has 3 heterocycles. The Morgan fingerprint density at radius 2 is 1.74 bits per heavy atom. The number of allylic oxidation sites excluding steroid dienone is 2. The Hall–Kier alpha value is -3.23. The van der Waals surface area contributed by atoms with Crippen LogP contribution in [0.3, 0.4) is 0 Å². The quantitative estimate of drug-likeness (QED) is 0.595. The van der Waals surface area contributed by atoms with Gasteiger partial charge in [-0.3, -0.25) is 19.2 Å². The van der Waals surface area contributed by atoms with Crippen molar-refractivity contribution in [3.05, 3.63) is 47.8 Å². The fraction of sp³-hybridized carbons (Fsp3) is 0.538. The van der Waals surface area contributed by atoms with Crippen molar-refractivity contribution in [3.63, 3.8) is 0 Å². The summed E-state index contributed by atoms with van der Waals surface area (Å²) < 4.78 is 13.3. The Morgan fingerprint density at radius 3 is 2.43 bits per heavy atom. The van der Waals surface area contributed by atoms with Crippen molar-refractivity contribution in [3.8, 4) is 0 Å². The molecule has 0 aliphatic carbocycles. The number of benzene rings is 1. The molecule has 0 aromatic heterocycles. The first-order valence-electron chi connectivity index (χ1n) is 12.3. The van der Waals surface area contributed by atoms with Gasteiger partial charge in [0.1, 0.15) is 5.82 Å². The molecule has 0 unspecified atom stereocenters. The molecule has 2 N–H and O–H groups in total. The number of hydrogen-bond acceptors (Lipinski definition) is 4. The van der Waals surface area contributed by atoms with Crippen LogP contribution in [-0.4, -0.2) is 72.2 Å². The van der Waals surface area contributed by atoms with Gasteiger partial charge >= 0.3 is 0 Å². The molecule has 0 bridgehead atoms. The Morgan fingerprint density at radius 1 is 1.03 bits per heavy atom. The van der Waals surface area contributed by atoms with Gasteiger partial charge in [0, 0.05) is 50.6 Å². The third kappa shape index (κ3) is 5.71. The van der Waals surface area contributed by atoms with E-state index in [9.17, 15) is 23.6 Å². The average Bonchev–Trinajstić information content (AvgIpc) is 2.85. The van der Waals surface area contributed by atoms with E-state index in [0.717, 1.165) is 0 Å². The molecule has 0 radical (unpaired) electrons. The van der Waals surface area contributed by atoms with Gasteiger partial charge in [-0.25, -0.2) is 4.39 Å². The number of piperidine rings is 2. The molecular weight excluding hydrogens is 451 g/mol. The van der Waals surface area contributed by atoms with Crippen molar-refractivity contribution >= 4 is 23.6 Å². The van der Waals surface area contributed by atoms with Gasteiger partial charge in [0.2, 0.25) is 17.7 Å². The molecule has 35 heavy (non-hydrogen) atoms. The molecule has 1 aromatic carbocycles. The summed E-state index contributed by atoms with van der Waals surface area (Å²) in [7, 11) is 0. The third-order valence-corrected chi connectivity index (χ3v) is 7.63. The van der Waals surface area contributed by atoms with Crippen LogP contribution in [0, 0.1) is 17.2 Å². The minimum absolute atomic E-state index is 0.00594. The summed E-state index contributed by atoms with van der Waals surface area (Å²) in [6.07, 6.45) is 6.99. The maximum atomic E-state index is 13.3. The summed E-state index contributed by atoms with van der Waals surface area (Å²) in [6, 6.07) is 5.44. The van der Waals surface area contributed by atoms with Crippen molar-refractivity contribution in [1.82, 2.24) is 20.4 Å². The van der Waals surface area contributed by atoms with Crippen LogP contribution < -0.4 is 10.6 Å². The minimum Gasteiger partial charge on any atom is -0.351 e. The first kappa shape index (κ1) is 24.9. The smallest absolute Gasteiger partial charge is 0.253 e. The van der Waals surface area contributed by atoms with E-state index in [1.165, 1.54) is 31.2 Å². The average molecular weight is 485 g/mol. The SMILES string of the molecule is CC(=O)N1CCC2(C/C=C/C[C@H]3CN(C(=O)c4ccc(F)cc4)CC[C@H]3NC(=O)CNC2=O)CC1. The zero-order valence-corrected chi connectivity index (χ0v) is 20.1. The molecule has 3 aliphatic rings. The molecule has 4 rings (SSSR count). The summed E-state index contributed by atoms with van der Waals surface area (Å²) in [5.74, 6) is -0.882. The molecule has 1 spiro atoms. The fourth-order valence-corrected chi connectivity index (χ4v) is 5.38. The van der Waals surface area contributed by atoms with Crippen LogP contribution in [0.2, 0.25) is 0 Å². The van der Waals surface area contributed by atoms with Crippen LogP contribution in [0.25, 0.3) is 0 Å². The highest BCUT2D eigenvalue weighted by molar-refractivity contribution is 5.94. The largest absolute Gasteiger partial charge is 0.351 e. The van der Waals surface area contributed by atoms with Gasteiger partial charge in [-0.15, -0.1) is 0 Å². The van der Waals surface area contributed by atoms with Crippen molar-refractivity contribution in [1.29, 1.82) is 0 Å². The van der Waals surface area contributed by atoms with E-state index in [-0.39, 0.29) is 48.0 Å². The molecule has 0 saturated carbocycles. The normalized spacial score (nSPS) is 26.0. The molecule has 2 fully saturated rings. The molecule has 3 aliphatic heterocycles. The number of carbonyl (C=O) groups excluding carboxylic acids is 4. The lowest BCUT2D eigenvalue weighted by Gasteiger charge is -2.41. The minimum atomic E-state index is -0.640. The number of nitrogens with zero attached hydrogens (tertiary/aromatic N) is 2. The molecule has 1 aromatic rings. The number of likely N-dealkylation sites (tertiary alicyclic amines) is 2. The standard InChI is InChI=1S/C26H33FN4O4/c1-18(32)30-14-11-26(12-15-30)10-3-2-4-20-17-31(24(34)19-5-7-21(27)8-6-19)13-9-22(20)29-23(33)16-28-25(26)35/h2-3,5-8,20,22H,4,9-17H2,1H3,(H,28,35)(H,29,33)/b3-2+/t20-,22+/m0/s1. The maximum Gasteiger partial charge on any atom is 0.253 e. The number of halogens is 1. The predicted octanol–water partition coefficient (Wildman–Crippen LogP) is 1.87. The van der Waals surface area contributed by atoms with Gasteiger partial charge in [-0.1, -0.05) is 12.2 Å². The van der Waals surface area contributed by atoms with Crippen molar-refractivity contribution < 1.29 is 23.6 Å². The maximum absolute atomic E-state index is 13.3. The molecule has 9 heteroatoms. The summed E-state index contributed by atoms with van der Waals surface area (Å²) in [5, 5.41) is 5.87. The fourth-order valence-electron chi connectivity index (χ4n) is 5.38. The van der Waals surface area contributed by atoms with Crippen LogP contribution >= 0.6 is 0 Å². The summed E-state index contributed by atoms with van der Waals surface area (Å²) in [6.45, 7) is 3.46. The van der Waals surface area contributed by atoms with E-state index < -0.39 is 5.41 Å². The van der Waals surface area contributed by atoms with Gasteiger partial charge < -0.3 is 20.4 Å². The van der Waals surface area contributed by atoms with Gasteiger partial charge in [-0.05, 0) is 56.4 Å². The zero-order chi connectivity index (χ0) is 25.0. The summed E-state index contributed by atoms with van der Waals surface area (Å²) >= 11 is 0. The number of amides is 4. The molecule has 4 amide bonds. The lowest BCUT2D eigenvalue weighted by atomic mass is 9.74. The van der Waals surface area contributed by atoms with E-state index in [4.69, 9.17) is 0 Å². The highest BCUT2D eigenvalue weighted by atomic mass is 19.1. The highest BCUT2D eigenvalue weighted by Gasteiger charge is 2.41. The monoisotopic (exact) mass is 484 g/mol. The second-order valence-corrected chi connectivity index (χ2v) is 9.86. The second-order valence-electron chi connectivity index (χ2n) is 9.86. The van der Waals surface area contributed by atoms with Crippen molar-refractivity contribution in [2.24, 2.45) is 11.3 Å². The van der Waals surface area contributed by atoms with Crippen molar-refractivity contribution in [2.75, 3.05) is 32.7 Å². The lowest BCUT2D eigenvalue weighted by Crippen LogP contribution is -2.55. The molecule has 2 saturated heterocycles. The second kappa shape index (κ2) is 10.6. The van der Waals surface area contributed by atoms with Gasteiger partial charge in [0.25, 0.3) is 5.91 Å². The predicted molar refractivity (Wildman–Crippen MR) is 128 cm³/mol. The zero-order valence-electron chi connectivity index (χ0n) is 20.1. The van der Waals surface area contributed by atoms with E-state index in [0.29, 0.717) is 63.8 Å². The van der Waals surface area contributed by atoms with E-state index in [1.54, 1.807) is 9.80 Å². The van der Waals surface area contributed by atoms with Crippen LogP contribution in [-0.2, 0) is 14.4 Å². The van der Waals surface area contributed by atoms with Crippen LogP contribution in [0.4, 0.5) is 4.39 Å². The van der Waals surface area contributed by atoms with E-state index >= 15 is 0 Å². The molecule has 188 valence electrons. The molecule has 2 atom stereocenters. The van der Waals surface area contributed by atoms with Gasteiger partial charge in [-0.2, -0.15) is 0 Å². The number of nitrogens with one attached hydrogen (secondary N) is 2. The topological polar surface area (TPSA) is 98.8 Å². The summed E-state index contributed by atoms with van der Waals surface area (Å²) in [5.41, 5.74) is -0.197. The molecular formula is C26H33FN4O4. The Balaban J connectivity index is 1.47. The first-order valence-corrected chi connectivity index (χ1v) is 12.3. The number of carbonyl (C=O) groups is 4. The third-order valence-electron chi connectivity index (χ3n) is 7.63. The van der Waals surface area contributed by atoms with E-state index in [1.807, 2.05) is 12.2 Å². The number of hydrogen-bond donors (Lipinski definition) is 2.